The molecule has 0 aliphatic heterocycles. The average Bonchev–Trinajstić information content (AvgIpc) is 2.37. The van der Waals surface area contributed by atoms with Gasteiger partial charge in [-0.2, -0.15) is 0 Å². The van der Waals surface area contributed by atoms with E-state index in [2.05, 4.69) is 0 Å². The fourth-order valence-electron chi connectivity index (χ4n) is 1.63. The second-order valence-electron chi connectivity index (χ2n) is 3.85. The van der Waals surface area contributed by atoms with Gasteiger partial charge in [0.1, 0.15) is 5.82 Å². The summed E-state index contributed by atoms with van der Waals surface area (Å²) in [6, 6.07) is 1.72. The fraction of sp³-hybridized carbons (Fsp3) is 0.500. The largest absolute Gasteiger partial charge is 0.493 e. The van der Waals surface area contributed by atoms with Gasteiger partial charge >= 0.3 is 0 Å². The van der Waals surface area contributed by atoms with Gasteiger partial charge in [0.25, 0.3) is 0 Å². The Kier molecular flexibility index (Phi) is 5.33. The van der Waals surface area contributed by atoms with Crippen molar-refractivity contribution in [2.45, 2.75) is 18.6 Å². The number of aliphatic hydroxyl groups excluding tert-OH is 2. The summed E-state index contributed by atoms with van der Waals surface area (Å²) in [4.78, 5) is 0. The Hall–Kier alpha value is -1.37. The predicted molar refractivity (Wildman–Crippen MR) is 64.1 cm³/mol. The van der Waals surface area contributed by atoms with Crippen molar-refractivity contribution in [3.63, 3.8) is 0 Å². The standard InChI is InChI=1S/C12H18FNO4/c1-17-10-5-7(8(13)6-11(10)18-2)12(16)9(14)3-4-15/h5-6,9,12,15-16H,3-4,14H2,1-2H3. The molecular weight excluding hydrogens is 241 g/mol. The van der Waals surface area contributed by atoms with Crippen LogP contribution in [0.4, 0.5) is 4.39 Å². The van der Waals surface area contributed by atoms with Crippen molar-refractivity contribution in [2.75, 3.05) is 20.8 Å². The van der Waals surface area contributed by atoms with Gasteiger partial charge in [0.05, 0.1) is 20.3 Å². The van der Waals surface area contributed by atoms with Crippen molar-refractivity contribution in [3.8, 4) is 11.5 Å². The first-order chi connectivity index (χ1) is 8.54. The molecule has 1 aromatic carbocycles. The quantitative estimate of drug-likeness (QED) is 0.696. The summed E-state index contributed by atoms with van der Waals surface area (Å²) in [5.41, 5.74) is 5.66. The van der Waals surface area contributed by atoms with Crippen molar-refractivity contribution in [2.24, 2.45) is 5.73 Å². The Morgan fingerprint density at radius 1 is 1.28 bits per heavy atom. The minimum absolute atomic E-state index is 0.0219. The molecule has 6 heteroatoms. The van der Waals surface area contributed by atoms with Gasteiger partial charge in [-0.05, 0) is 12.5 Å². The van der Waals surface area contributed by atoms with E-state index < -0.39 is 18.0 Å². The molecule has 1 aromatic rings. The molecule has 1 rings (SSSR count). The first-order valence-corrected chi connectivity index (χ1v) is 5.51. The molecule has 18 heavy (non-hydrogen) atoms. The molecule has 0 aromatic heterocycles. The monoisotopic (exact) mass is 259 g/mol. The van der Waals surface area contributed by atoms with Crippen LogP contribution in [0, 0.1) is 5.82 Å². The molecule has 0 radical (unpaired) electrons. The van der Waals surface area contributed by atoms with E-state index in [4.69, 9.17) is 20.3 Å². The smallest absolute Gasteiger partial charge is 0.163 e. The molecule has 2 unspecified atom stereocenters. The van der Waals surface area contributed by atoms with Gasteiger partial charge in [0, 0.05) is 24.3 Å². The Morgan fingerprint density at radius 2 is 1.83 bits per heavy atom. The van der Waals surface area contributed by atoms with Crippen molar-refractivity contribution < 1.29 is 24.1 Å². The summed E-state index contributed by atoms with van der Waals surface area (Å²) in [6.45, 7) is -0.173. The highest BCUT2D eigenvalue weighted by atomic mass is 19.1. The third kappa shape index (κ3) is 3.10. The highest BCUT2D eigenvalue weighted by molar-refractivity contribution is 5.44. The molecule has 0 aliphatic carbocycles. The van der Waals surface area contributed by atoms with Crippen molar-refractivity contribution in [1.29, 1.82) is 0 Å². The molecule has 0 saturated heterocycles. The topological polar surface area (TPSA) is 84.9 Å². The number of benzene rings is 1. The van der Waals surface area contributed by atoms with Crippen molar-refractivity contribution in [3.05, 3.63) is 23.5 Å². The third-order valence-electron chi connectivity index (χ3n) is 2.69. The number of methoxy groups -OCH3 is 2. The number of hydrogen-bond acceptors (Lipinski definition) is 5. The normalized spacial score (nSPS) is 14.1. The van der Waals surface area contributed by atoms with E-state index in [1.165, 1.54) is 20.3 Å². The van der Waals surface area contributed by atoms with Gasteiger partial charge in [-0.25, -0.2) is 4.39 Å². The molecule has 0 saturated carbocycles. The lowest BCUT2D eigenvalue weighted by atomic mass is 9.99. The molecule has 0 fully saturated rings. The summed E-state index contributed by atoms with van der Waals surface area (Å²) in [5, 5.41) is 18.7. The number of rotatable bonds is 6. The predicted octanol–water partition coefficient (Wildman–Crippen LogP) is 0.586. The number of ether oxygens (including phenoxy) is 2. The van der Waals surface area contributed by atoms with Crippen molar-refractivity contribution >= 4 is 0 Å². The molecule has 0 amide bonds. The van der Waals surface area contributed by atoms with Crippen LogP contribution in [0.1, 0.15) is 18.1 Å². The van der Waals surface area contributed by atoms with E-state index in [0.717, 1.165) is 6.07 Å². The second-order valence-corrected chi connectivity index (χ2v) is 3.85. The SMILES string of the molecule is COc1cc(F)c(C(O)C(N)CCO)cc1OC. The maximum Gasteiger partial charge on any atom is 0.163 e. The van der Waals surface area contributed by atoms with E-state index in [0.29, 0.717) is 5.75 Å². The van der Waals surface area contributed by atoms with Gasteiger partial charge < -0.3 is 25.4 Å². The molecule has 0 spiro atoms. The van der Waals surface area contributed by atoms with E-state index >= 15 is 0 Å². The number of hydrogen-bond donors (Lipinski definition) is 3. The van der Waals surface area contributed by atoms with Crippen LogP contribution in [0.3, 0.4) is 0 Å². The summed E-state index contributed by atoms with van der Waals surface area (Å²) in [7, 11) is 2.81. The average molecular weight is 259 g/mol. The molecule has 2 atom stereocenters. The fourth-order valence-corrected chi connectivity index (χ4v) is 1.63. The lowest BCUT2D eigenvalue weighted by Gasteiger charge is -2.20. The lowest BCUT2D eigenvalue weighted by Crippen LogP contribution is -2.30. The molecular formula is C12H18FNO4. The summed E-state index contributed by atoms with van der Waals surface area (Å²) in [5.74, 6) is -0.0839. The zero-order valence-corrected chi connectivity index (χ0v) is 10.4. The van der Waals surface area contributed by atoms with Crippen LogP contribution < -0.4 is 15.2 Å². The van der Waals surface area contributed by atoms with Crippen molar-refractivity contribution in [1.82, 2.24) is 0 Å². The molecule has 4 N–H and O–H groups in total. The summed E-state index contributed by atoms with van der Waals surface area (Å²) < 4.78 is 23.8. The van der Waals surface area contributed by atoms with Gasteiger partial charge in [0.15, 0.2) is 11.5 Å². The molecule has 5 nitrogen and oxygen atoms in total. The Balaban J connectivity index is 3.08. The highest BCUT2D eigenvalue weighted by Crippen LogP contribution is 2.33. The Labute approximate surface area is 105 Å². The maximum atomic E-state index is 13.8. The highest BCUT2D eigenvalue weighted by Gasteiger charge is 2.22. The molecule has 102 valence electrons. The Morgan fingerprint density at radius 3 is 2.33 bits per heavy atom. The Bertz CT molecular complexity index is 400. The van der Waals surface area contributed by atoms with Crippen LogP contribution in [0.25, 0.3) is 0 Å². The van der Waals surface area contributed by atoms with Crippen LogP contribution in [-0.2, 0) is 0 Å². The van der Waals surface area contributed by atoms with Crippen LogP contribution in [0.15, 0.2) is 12.1 Å². The lowest BCUT2D eigenvalue weighted by molar-refractivity contribution is 0.125. The van der Waals surface area contributed by atoms with E-state index in [9.17, 15) is 9.50 Å². The van der Waals surface area contributed by atoms with Crippen LogP contribution in [-0.4, -0.2) is 37.1 Å². The number of halogens is 1. The zero-order valence-electron chi connectivity index (χ0n) is 10.4. The first kappa shape index (κ1) is 14.7. The summed E-state index contributed by atoms with van der Waals surface area (Å²) in [6.07, 6.45) is -1.04. The minimum Gasteiger partial charge on any atom is -0.493 e. The zero-order chi connectivity index (χ0) is 13.7. The van der Waals surface area contributed by atoms with Gasteiger partial charge in [-0.1, -0.05) is 0 Å². The number of aliphatic hydroxyl groups is 2. The van der Waals surface area contributed by atoms with E-state index in [1.807, 2.05) is 0 Å². The second kappa shape index (κ2) is 6.53. The number of nitrogens with two attached hydrogens (primary N) is 1. The minimum atomic E-state index is -1.21. The van der Waals surface area contributed by atoms with Crippen LogP contribution >= 0.6 is 0 Å². The van der Waals surface area contributed by atoms with Gasteiger partial charge in [-0.3, -0.25) is 0 Å². The van der Waals surface area contributed by atoms with Gasteiger partial charge in [0.2, 0.25) is 0 Å². The van der Waals surface area contributed by atoms with Gasteiger partial charge in [-0.15, -0.1) is 0 Å². The molecule has 0 heterocycles. The van der Waals surface area contributed by atoms with E-state index in [-0.39, 0.29) is 24.3 Å². The molecule has 0 bridgehead atoms. The third-order valence-corrected chi connectivity index (χ3v) is 2.69. The van der Waals surface area contributed by atoms with Crippen LogP contribution in [0.2, 0.25) is 0 Å². The summed E-state index contributed by atoms with van der Waals surface area (Å²) >= 11 is 0. The maximum absolute atomic E-state index is 13.8. The van der Waals surface area contributed by atoms with Crippen LogP contribution in [0.5, 0.6) is 11.5 Å². The van der Waals surface area contributed by atoms with E-state index in [1.54, 1.807) is 0 Å². The molecule has 0 aliphatic rings. The first-order valence-electron chi connectivity index (χ1n) is 5.51.